The number of carboxylic acid groups (broad SMARTS) is 1. The predicted octanol–water partition coefficient (Wildman–Crippen LogP) is 2.16. The van der Waals surface area contributed by atoms with Crippen molar-refractivity contribution in [2.45, 2.75) is 32.1 Å². The second kappa shape index (κ2) is 9.61. The molecule has 0 aliphatic heterocycles. The highest BCUT2D eigenvalue weighted by Gasteiger charge is 2.20. The Balaban J connectivity index is 2.99. The van der Waals surface area contributed by atoms with Crippen LogP contribution in [0, 0.1) is 5.92 Å². The molecule has 7 nitrogen and oxygen atoms in total. The molecule has 0 radical (unpaired) electrons. The molecule has 136 valence electrons. The van der Waals surface area contributed by atoms with Gasteiger partial charge in [-0.05, 0) is 37.5 Å². The van der Waals surface area contributed by atoms with Crippen LogP contribution in [-0.2, 0) is 14.8 Å². The minimum Gasteiger partial charge on any atom is -0.478 e. The molecule has 0 saturated heterocycles. The largest absolute Gasteiger partial charge is 0.478 e. The van der Waals surface area contributed by atoms with Crippen LogP contribution in [0.1, 0.15) is 37.6 Å². The molecule has 0 saturated carbocycles. The summed E-state index contributed by atoms with van der Waals surface area (Å²) >= 11 is 0. The first kappa shape index (κ1) is 20.4. The zero-order valence-electron chi connectivity index (χ0n) is 14.3. The van der Waals surface area contributed by atoms with Gasteiger partial charge in [0.25, 0.3) is 0 Å². The summed E-state index contributed by atoms with van der Waals surface area (Å²) in [7, 11) is -3.80. The van der Waals surface area contributed by atoms with E-state index in [0.717, 1.165) is 0 Å². The van der Waals surface area contributed by atoms with Crippen molar-refractivity contribution in [1.82, 2.24) is 4.72 Å². The number of sulfonamides is 1. The summed E-state index contributed by atoms with van der Waals surface area (Å²) in [6.45, 7) is 7.70. The highest BCUT2D eigenvalue weighted by atomic mass is 32.2. The van der Waals surface area contributed by atoms with Gasteiger partial charge in [-0.25, -0.2) is 17.9 Å². The number of carbonyl (C=O) groups is 1. The SMILES string of the molecule is CCOCCCNc1ccc(C(=O)O)cc1S(=O)(=O)NCC(C)C. The summed E-state index contributed by atoms with van der Waals surface area (Å²) in [5, 5.41) is 12.1. The zero-order valence-corrected chi connectivity index (χ0v) is 15.1. The van der Waals surface area contributed by atoms with Crippen molar-refractivity contribution in [2.24, 2.45) is 5.92 Å². The van der Waals surface area contributed by atoms with Gasteiger partial charge in [0, 0.05) is 26.3 Å². The topological polar surface area (TPSA) is 105 Å². The fourth-order valence-electron chi connectivity index (χ4n) is 1.92. The van der Waals surface area contributed by atoms with Gasteiger partial charge in [-0.15, -0.1) is 0 Å². The van der Waals surface area contributed by atoms with E-state index in [1.165, 1.54) is 18.2 Å². The molecule has 0 amide bonds. The smallest absolute Gasteiger partial charge is 0.335 e. The van der Waals surface area contributed by atoms with E-state index in [4.69, 9.17) is 9.84 Å². The molecule has 0 spiro atoms. The van der Waals surface area contributed by atoms with Gasteiger partial charge in [0.1, 0.15) is 4.90 Å². The molecule has 1 rings (SSSR count). The van der Waals surface area contributed by atoms with Crippen LogP contribution in [0.3, 0.4) is 0 Å². The lowest BCUT2D eigenvalue weighted by molar-refractivity contribution is 0.0696. The third kappa shape index (κ3) is 6.46. The second-order valence-corrected chi connectivity index (χ2v) is 7.47. The van der Waals surface area contributed by atoms with E-state index in [9.17, 15) is 13.2 Å². The molecule has 0 bridgehead atoms. The summed E-state index contributed by atoms with van der Waals surface area (Å²) in [6, 6.07) is 4.04. The Morgan fingerprint density at radius 1 is 1.33 bits per heavy atom. The first-order valence-corrected chi connectivity index (χ1v) is 9.45. The lowest BCUT2D eigenvalue weighted by Crippen LogP contribution is -2.28. The standard InChI is InChI=1S/C16H26N2O5S/c1-4-23-9-5-8-17-14-7-6-13(16(19)20)10-15(14)24(21,22)18-11-12(2)3/h6-7,10,12,17-18H,4-5,8-9,11H2,1-3H3,(H,19,20). The summed E-state index contributed by atoms with van der Waals surface area (Å²) in [4.78, 5) is 11.1. The van der Waals surface area contributed by atoms with Gasteiger partial charge in [-0.2, -0.15) is 0 Å². The monoisotopic (exact) mass is 358 g/mol. The molecule has 0 fully saturated rings. The first-order valence-electron chi connectivity index (χ1n) is 7.96. The summed E-state index contributed by atoms with van der Waals surface area (Å²) in [6.07, 6.45) is 0.716. The van der Waals surface area contributed by atoms with Gasteiger partial charge in [0.2, 0.25) is 10.0 Å². The van der Waals surface area contributed by atoms with E-state index in [0.29, 0.717) is 31.9 Å². The van der Waals surface area contributed by atoms with Gasteiger partial charge in [-0.3, -0.25) is 0 Å². The quantitative estimate of drug-likeness (QED) is 0.524. The van der Waals surface area contributed by atoms with Gasteiger partial charge < -0.3 is 15.2 Å². The molecule has 1 aromatic rings. The van der Waals surface area contributed by atoms with Gasteiger partial charge in [0.05, 0.1) is 11.3 Å². The minimum atomic E-state index is -3.80. The fraction of sp³-hybridized carbons (Fsp3) is 0.562. The highest BCUT2D eigenvalue weighted by Crippen LogP contribution is 2.23. The third-order valence-corrected chi connectivity index (χ3v) is 4.65. The number of benzene rings is 1. The number of carboxylic acids is 1. The molecule has 24 heavy (non-hydrogen) atoms. The molecule has 0 aromatic heterocycles. The van der Waals surface area contributed by atoms with Crippen LogP contribution in [0.2, 0.25) is 0 Å². The molecular weight excluding hydrogens is 332 g/mol. The predicted molar refractivity (Wildman–Crippen MR) is 93.0 cm³/mol. The Labute approximate surface area is 143 Å². The highest BCUT2D eigenvalue weighted by molar-refractivity contribution is 7.89. The Morgan fingerprint density at radius 2 is 2.04 bits per heavy atom. The van der Waals surface area contributed by atoms with Crippen molar-refractivity contribution >= 4 is 21.7 Å². The van der Waals surface area contributed by atoms with Crippen LogP contribution in [0.5, 0.6) is 0 Å². The van der Waals surface area contributed by atoms with Crippen LogP contribution >= 0.6 is 0 Å². The van der Waals surface area contributed by atoms with E-state index in [1.807, 2.05) is 20.8 Å². The van der Waals surface area contributed by atoms with E-state index >= 15 is 0 Å². The number of ether oxygens (including phenoxy) is 1. The van der Waals surface area contributed by atoms with Crippen molar-refractivity contribution in [1.29, 1.82) is 0 Å². The van der Waals surface area contributed by atoms with Crippen molar-refractivity contribution in [3.05, 3.63) is 23.8 Å². The minimum absolute atomic E-state index is 0.0561. The zero-order chi connectivity index (χ0) is 18.2. The Hall–Kier alpha value is -1.64. The van der Waals surface area contributed by atoms with E-state index in [1.54, 1.807) is 0 Å². The summed E-state index contributed by atoms with van der Waals surface area (Å²) in [5.74, 6) is -1.02. The van der Waals surface area contributed by atoms with Crippen molar-refractivity contribution in [3.63, 3.8) is 0 Å². The Morgan fingerprint density at radius 3 is 2.62 bits per heavy atom. The van der Waals surface area contributed by atoms with Crippen molar-refractivity contribution < 1.29 is 23.1 Å². The summed E-state index contributed by atoms with van der Waals surface area (Å²) < 4.78 is 32.7. The maximum absolute atomic E-state index is 12.5. The number of nitrogens with one attached hydrogen (secondary N) is 2. The average Bonchev–Trinajstić information content (AvgIpc) is 2.52. The first-order chi connectivity index (χ1) is 11.3. The van der Waals surface area contributed by atoms with Crippen LogP contribution in [0.15, 0.2) is 23.1 Å². The number of rotatable bonds is 11. The van der Waals surface area contributed by atoms with Crippen molar-refractivity contribution in [3.8, 4) is 0 Å². The van der Waals surface area contributed by atoms with Gasteiger partial charge in [-0.1, -0.05) is 13.8 Å². The normalized spacial score (nSPS) is 11.7. The van der Waals surface area contributed by atoms with E-state index < -0.39 is 16.0 Å². The van der Waals surface area contributed by atoms with Gasteiger partial charge in [0.15, 0.2) is 0 Å². The van der Waals surface area contributed by atoms with Crippen LogP contribution in [0.4, 0.5) is 5.69 Å². The number of hydrogen-bond acceptors (Lipinski definition) is 5. The van der Waals surface area contributed by atoms with Gasteiger partial charge >= 0.3 is 5.97 Å². The summed E-state index contributed by atoms with van der Waals surface area (Å²) in [5.41, 5.74) is 0.313. The fourth-order valence-corrected chi connectivity index (χ4v) is 3.34. The number of hydrogen-bond donors (Lipinski definition) is 3. The van der Waals surface area contributed by atoms with Crippen molar-refractivity contribution in [2.75, 3.05) is 31.6 Å². The molecular formula is C16H26N2O5S. The molecule has 0 aliphatic carbocycles. The van der Waals surface area contributed by atoms with Crippen LogP contribution in [-0.4, -0.2) is 45.8 Å². The van der Waals surface area contributed by atoms with Crippen LogP contribution < -0.4 is 10.0 Å². The average molecular weight is 358 g/mol. The molecule has 0 atom stereocenters. The van der Waals surface area contributed by atoms with E-state index in [-0.39, 0.29) is 22.9 Å². The molecule has 0 heterocycles. The maximum atomic E-state index is 12.5. The molecule has 1 aromatic carbocycles. The molecule has 0 unspecified atom stereocenters. The molecule has 0 aliphatic rings. The Kier molecular flexibility index (Phi) is 8.17. The third-order valence-electron chi connectivity index (χ3n) is 3.18. The Bertz CT molecular complexity index is 644. The second-order valence-electron chi connectivity index (χ2n) is 5.74. The molecule has 8 heteroatoms. The lowest BCUT2D eigenvalue weighted by atomic mass is 10.2. The maximum Gasteiger partial charge on any atom is 0.335 e. The van der Waals surface area contributed by atoms with Crippen LogP contribution in [0.25, 0.3) is 0 Å². The molecule has 3 N–H and O–H groups in total. The lowest BCUT2D eigenvalue weighted by Gasteiger charge is -2.15. The van der Waals surface area contributed by atoms with E-state index in [2.05, 4.69) is 10.0 Å². The number of anilines is 1. The number of aromatic carboxylic acids is 1.